The fourth-order valence-electron chi connectivity index (χ4n) is 1.84. The minimum absolute atomic E-state index is 0.176. The van der Waals surface area contributed by atoms with E-state index in [0.717, 1.165) is 5.56 Å². The largest absolute Gasteiger partial charge is 0.481 e. The Morgan fingerprint density at radius 1 is 1.50 bits per heavy atom. The lowest BCUT2D eigenvalue weighted by Gasteiger charge is -2.13. The molecule has 18 heavy (non-hydrogen) atoms. The molecule has 1 aromatic carbocycles. The number of hydrogen-bond donors (Lipinski definition) is 1. The van der Waals surface area contributed by atoms with Crippen molar-refractivity contribution >= 4 is 23.7 Å². The van der Waals surface area contributed by atoms with Gasteiger partial charge in [0.1, 0.15) is 6.10 Å². The SMILES string of the molecule is O=C(O)CC1CN(Cc2ccccc2Cl)C(=O)O1. The molecule has 0 aromatic heterocycles. The molecule has 1 aliphatic heterocycles. The molecule has 96 valence electrons. The van der Waals surface area contributed by atoms with E-state index in [1.807, 2.05) is 12.1 Å². The maximum Gasteiger partial charge on any atom is 0.410 e. The zero-order chi connectivity index (χ0) is 13.1. The first-order chi connectivity index (χ1) is 8.56. The molecule has 0 bridgehead atoms. The van der Waals surface area contributed by atoms with Crippen LogP contribution in [0.4, 0.5) is 4.79 Å². The van der Waals surface area contributed by atoms with Crippen molar-refractivity contribution in [3.8, 4) is 0 Å². The first-order valence-electron chi connectivity index (χ1n) is 5.47. The summed E-state index contributed by atoms with van der Waals surface area (Å²) in [6.07, 6.45) is -1.26. The number of benzene rings is 1. The lowest BCUT2D eigenvalue weighted by Crippen LogP contribution is -2.25. The smallest absolute Gasteiger partial charge is 0.410 e. The van der Waals surface area contributed by atoms with Gasteiger partial charge in [-0.1, -0.05) is 29.8 Å². The number of amides is 1. The van der Waals surface area contributed by atoms with Crippen LogP contribution in [0.15, 0.2) is 24.3 Å². The molecule has 1 N–H and O–H groups in total. The Bertz CT molecular complexity index is 477. The molecule has 1 amide bonds. The number of aliphatic carboxylic acids is 1. The number of rotatable bonds is 4. The molecule has 1 fully saturated rings. The highest BCUT2D eigenvalue weighted by atomic mass is 35.5. The lowest BCUT2D eigenvalue weighted by molar-refractivity contribution is -0.138. The van der Waals surface area contributed by atoms with Crippen molar-refractivity contribution in [2.45, 2.75) is 19.1 Å². The summed E-state index contributed by atoms with van der Waals surface area (Å²) in [6.45, 7) is 0.602. The molecular weight excluding hydrogens is 258 g/mol. The van der Waals surface area contributed by atoms with Crippen LogP contribution in [0.5, 0.6) is 0 Å². The molecule has 6 heteroatoms. The van der Waals surface area contributed by atoms with Gasteiger partial charge in [-0.3, -0.25) is 4.79 Å². The maximum atomic E-state index is 11.5. The van der Waals surface area contributed by atoms with Crippen LogP contribution in [0, 0.1) is 0 Å². The average molecular weight is 270 g/mol. The summed E-state index contributed by atoms with van der Waals surface area (Å²) in [7, 11) is 0. The van der Waals surface area contributed by atoms with Crippen LogP contribution in [0.3, 0.4) is 0 Å². The topological polar surface area (TPSA) is 66.8 Å². The van der Waals surface area contributed by atoms with Gasteiger partial charge in [-0.25, -0.2) is 4.79 Å². The molecule has 1 atom stereocenters. The van der Waals surface area contributed by atoms with E-state index in [1.165, 1.54) is 4.90 Å². The summed E-state index contributed by atoms with van der Waals surface area (Å²) < 4.78 is 4.96. The van der Waals surface area contributed by atoms with Gasteiger partial charge in [0, 0.05) is 5.02 Å². The Hall–Kier alpha value is -1.75. The Labute approximate surface area is 109 Å². The van der Waals surface area contributed by atoms with Gasteiger partial charge < -0.3 is 14.7 Å². The van der Waals surface area contributed by atoms with Gasteiger partial charge in [0.15, 0.2) is 0 Å². The number of carboxylic acid groups (broad SMARTS) is 1. The first kappa shape index (κ1) is 12.7. The molecule has 2 rings (SSSR count). The highest BCUT2D eigenvalue weighted by molar-refractivity contribution is 6.31. The molecule has 0 saturated carbocycles. The highest BCUT2D eigenvalue weighted by Gasteiger charge is 2.32. The fraction of sp³-hybridized carbons (Fsp3) is 0.333. The second-order valence-corrected chi connectivity index (χ2v) is 4.48. The molecule has 5 nitrogen and oxygen atoms in total. The number of ether oxygens (including phenoxy) is 1. The predicted octanol–water partition coefficient (Wildman–Crippen LogP) is 2.14. The molecule has 0 spiro atoms. The predicted molar refractivity (Wildman–Crippen MR) is 64.4 cm³/mol. The summed E-state index contributed by atoms with van der Waals surface area (Å²) in [5.74, 6) is -0.979. The van der Waals surface area contributed by atoms with Gasteiger partial charge in [0.05, 0.1) is 19.5 Å². The third kappa shape index (κ3) is 2.92. The summed E-state index contributed by atoms with van der Waals surface area (Å²) in [5, 5.41) is 9.23. The number of cyclic esters (lactones) is 1. The average Bonchev–Trinajstić information content (AvgIpc) is 2.61. The standard InChI is InChI=1S/C12H12ClNO4/c13-10-4-2-1-3-8(10)6-14-7-9(5-11(15)16)18-12(14)17/h1-4,9H,5-7H2,(H,15,16). The molecule has 1 aliphatic rings. The third-order valence-electron chi connectivity index (χ3n) is 2.67. The van der Waals surface area contributed by atoms with E-state index in [4.69, 9.17) is 21.4 Å². The van der Waals surface area contributed by atoms with Crippen LogP contribution < -0.4 is 0 Å². The van der Waals surface area contributed by atoms with Crippen LogP contribution in [-0.4, -0.2) is 34.7 Å². The summed E-state index contributed by atoms with van der Waals surface area (Å²) in [6, 6.07) is 7.20. The van der Waals surface area contributed by atoms with Crippen LogP contribution in [0.2, 0.25) is 5.02 Å². The molecule has 1 aromatic rings. The second-order valence-electron chi connectivity index (χ2n) is 4.08. The third-order valence-corrected chi connectivity index (χ3v) is 3.04. The fourth-order valence-corrected chi connectivity index (χ4v) is 2.03. The zero-order valence-electron chi connectivity index (χ0n) is 9.51. The van der Waals surface area contributed by atoms with Crippen molar-refractivity contribution in [3.63, 3.8) is 0 Å². The van der Waals surface area contributed by atoms with E-state index in [9.17, 15) is 9.59 Å². The summed E-state index contributed by atoms with van der Waals surface area (Å²) in [5.41, 5.74) is 0.812. The Kier molecular flexibility index (Phi) is 3.72. The molecule has 0 aliphatic carbocycles. The minimum Gasteiger partial charge on any atom is -0.481 e. The van der Waals surface area contributed by atoms with E-state index >= 15 is 0 Å². The Morgan fingerprint density at radius 2 is 2.22 bits per heavy atom. The van der Waals surface area contributed by atoms with E-state index in [1.54, 1.807) is 12.1 Å². The minimum atomic E-state index is -0.979. The number of halogens is 1. The zero-order valence-corrected chi connectivity index (χ0v) is 10.3. The van der Waals surface area contributed by atoms with Gasteiger partial charge in [-0.15, -0.1) is 0 Å². The number of hydrogen-bond acceptors (Lipinski definition) is 3. The van der Waals surface area contributed by atoms with E-state index in [0.29, 0.717) is 11.6 Å². The van der Waals surface area contributed by atoms with Gasteiger partial charge in [-0.05, 0) is 11.6 Å². The quantitative estimate of drug-likeness (QED) is 0.909. The summed E-state index contributed by atoms with van der Waals surface area (Å²) >= 11 is 6.00. The summed E-state index contributed by atoms with van der Waals surface area (Å²) in [4.78, 5) is 23.6. The maximum absolute atomic E-state index is 11.5. The van der Waals surface area contributed by atoms with Gasteiger partial charge >= 0.3 is 12.1 Å². The lowest BCUT2D eigenvalue weighted by atomic mass is 10.2. The number of carbonyl (C=O) groups excluding carboxylic acids is 1. The Morgan fingerprint density at radius 3 is 2.89 bits per heavy atom. The van der Waals surface area contributed by atoms with Gasteiger partial charge in [-0.2, -0.15) is 0 Å². The highest BCUT2D eigenvalue weighted by Crippen LogP contribution is 2.21. The van der Waals surface area contributed by atoms with Crippen LogP contribution in [0.25, 0.3) is 0 Å². The van der Waals surface area contributed by atoms with Crippen molar-refractivity contribution in [2.24, 2.45) is 0 Å². The van der Waals surface area contributed by atoms with Crippen molar-refractivity contribution in [3.05, 3.63) is 34.9 Å². The van der Waals surface area contributed by atoms with Crippen molar-refractivity contribution in [2.75, 3.05) is 6.54 Å². The molecule has 1 heterocycles. The van der Waals surface area contributed by atoms with Gasteiger partial charge in [0.2, 0.25) is 0 Å². The molecule has 1 saturated heterocycles. The number of nitrogens with zero attached hydrogens (tertiary/aromatic N) is 1. The second kappa shape index (κ2) is 5.27. The first-order valence-corrected chi connectivity index (χ1v) is 5.85. The molecule has 1 unspecified atom stereocenters. The van der Waals surface area contributed by atoms with E-state index in [-0.39, 0.29) is 13.0 Å². The molecule has 0 radical (unpaired) electrons. The molecular formula is C12H12ClNO4. The van der Waals surface area contributed by atoms with Crippen molar-refractivity contribution in [1.82, 2.24) is 4.90 Å². The van der Waals surface area contributed by atoms with E-state index in [2.05, 4.69) is 0 Å². The van der Waals surface area contributed by atoms with Crippen LogP contribution in [-0.2, 0) is 16.1 Å². The van der Waals surface area contributed by atoms with Gasteiger partial charge in [0.25, 0.3) is 0 Å². The monoisotopic (exact) mass is 269 g/mol. The van der Waals surface area contributed by atoms with Crippen molar-refractivity contribution < 1.29 is 19.4 Å². The van der Waals surface area contributed by atoms with Crippen LogP contribution >= 0.6 is 11.6 Å². The normalized spacial score (nSPS) is 18.8. The number of carboxylic acids is 1. The van der Waals surface area contributed by atoms with Crippen molar-refractivity contribution in [1.29, 1.82) is 0 Å². The number of carbonyl (C=O) groups is 2. The Balaban J connectivity index is 2.01. The van der Waals surface area contributed by atoms with Crippen LogP contribution in [0.1, 0.15) is 12.0 Å². The van der Waals surface area contributed by atoms with E-state index < -0.39 is 18.2 Å².